The van der Waals surface area contributed by atoms with Gasteiger partial charge in [-0.05, 0) is 50.5 Å². The van der Waals surface area contributed by atoms with Crippen LogP contribution in [0.25, 0.3) is 0 Å². The van der Waals surface area contributed by atoms with E-state index in [0.29, 0.717) is 13.2 Å². The van der Waals surface area contributed by atoms with Crippen LogP contribution in [0.15, 0.2) is 0 Å². The summed E-state index contributed by atoms with van der Waals surface area (Å²) in [5.41, 5.74) is 0. The van der Waals surface area contributed by atoms with Gasteiger partial charge in [-0.1, -0.05) is 0 Å². The highest BCUT2D eigenvalue weighted by atomic mass is 16.5. The summed E-state index contributed by atoms with van der Waals surface area (Å²) in [5.74, 6) is 1.62. The van der Waals surface area contributed by atoms with E-state index in [1.165, 1.54) is 25.7 Å². The van der Waals surface area contributed by atoms with E-state index in [2.05, 4.69) is 5.32 Å². The van der Waals surface area contributed by atoms with E-state index >= 15 is 0 Å². The Hall–Kier alpha value is -0.160. The molecule has 0 aromatic heterocycles. The van der Waals surface area contributed by atoms with Gasteiger partial charge in [-0.15, -0.1) is 0 Å². The van der Waals surface area contributed by atoms with Crippen molar-refractivity contribution in [1.29, 1.82) is 0 Å². The molecule has 18 heavy (non-hydrogen) atoms. The highest BCUT2D eigenvalue weighted by Gasteiger charge is 2.21. The van der Waals surface area contributed by atoms with Crippen molar-refractivity contribution >= 4 is 0 Å². The minimum Gasteiger partial charge on any atom is -0.389 e. The molecule has 0 saturated heterocycles. The van der Waals surface area contributed by atoms with E-state index in [4.69, 9.17) is 9.47 Å². The van der Waals surface area contributed by atoms with Gasteiger partial charge < -0.3 is 19.9 Å². The lowest BCUT2D eigenvalue weighted by molar-refractivity contribution is 0.0322. The summed E-state index contributed by atoms with van der Waals surface area (Å²) in [7, 11) is 0. The maximum atomic E-state index is 9.65. The SMILES string of the molecule is OC(CNCCCOCC1CC1)COCC1CC1. The molecule has 0 spiro atoms. The summed E-state index contributed by atoms with van der Waals surface area (Å²) in [6.45, 7) is 4.58. The third-order valence-electron chi connectivity index (χ3n) is 3.43. The molecule has 2 N–H and O–H groups in total. The topological polar surface area (TPSA) is 50.7 Å². The number of aliphatic hydroxyl groups excluding tert-OH is 1. The first-order valence-corrected chi connectivity index (χ1v) is 7.39. The van der Waals surface area contributed by atoms with Crippen LogP contribution in [0.1, 0.15) is 32.1 Å². The number of nitrogens with one attached hydrogen (secondary N) is 1. The summed E-state index contributed by atoms with van der Waals surface area (Å²) in [4.78, 5) is 0. The second-order valence-electron chi connectivity index (χ2n) is 5.71. The second-order valence-corrected chi connectivity index (χ2v) is 5.71. The van der Waals surface area contributed by atoms with Gasteiger partial charge in [0.05, 0.1) is 12.7 Å². The van der Waals surface area contributed by atoms with Gasteiger partial charge >= 0.3 is 0 Å². The largest absolute Gasteiger partial charge is 0.389 e. The van der Waals surface area contributed by atoms with Crippen LogP contribution in [-0.4, -0.2) is 50.7 Å². The lowest BCUT2D eigenvalue weighted by Crippen LogP contribution is -2.31. The van der Waals surface area contributed by atoms with Gasteiger partial charge in [0.1, 0.15) is 0 Å². The van der Waals surface area contributed by atoms with E-state index in [-0.39, 0.29) is 6.10 Å². The van der Waals surface area contributed by atoms with Crippen LogP contribution in [0, 0.1) is 11.8 Å². The second kappa shape index (κ2) is 8.10. The van der Waals surface area contributed by atoms with Crippen LogP contribution in [0.4, 0.5) is 0 Å². The van der Waals surface area contributed by atoms with Gasteiger partial charge in [0.25, 0.3) is 0 Å². The molecule has 0 amide bonds. The molecule has 2 rings (SSSR count). The number of rotatable bonds is 12. The summed E-state index contributed by atoms with van der Waals surface area (Å²) in [5, 5.41) is 12.9. The van der Waals surface area contributed by atoms with Gasteiger partial charge in [-0.2, -0.15) is 0 Å². The van der Waals surface area contributed by atoms with Crippen LogP contribution in [0.2, 0.25) is 0 Å². The predicted molar refractivity (Wildman–Crippen MR) is 70.6 cm³/mol. The van der Waals surface area contributed by atoms with Crippen molar-refractivity contribution in [3.63, 3.8) is 0 Å². The van der Waals surface area contributed by atoms with Gasteiger partial charge in [0, 0.05) is 26.4 Å². The van der Waals surface area contributed by atoms with Crippen molar-refractivity contribution in [3.8, 4) is 0 Å². The van der Waals surface area contributed by atoms with Crippen LogP contribution >= 0.6 is 0 Å². The van der Waals surface area contributed by atoms with E-state index < -0.39 is 0 Å². The van der Waals surface area contributed by atoms with Gasteiger partial charge in [0.15, 0.2) is 0 Å². The van der Waals surface area contributed by atoms with Gasteiger partial charge in [-0.3, -0.25) is 0 Å². The Balaban J connectivity index is 1.28. The fourth-order valence-corrected chi connectivity index (χ4v) is 1.82. The van der Waals surface area contributed by atoms with Crippen molar-refractivity contribution in [2.75, 3.05) is 39.5 Å². The molecule has 2 aliphatic rings. The average molecular weight is 257 g/mol. The Bertz CT molecular complexity index is 217. The normalized spacial score (nSPS) is 21.2. The van der Waals surface area contributed by atoms with E-state index in [1.807, 2.05) is 0 Å². The molecule has 0 aliphatic heterocycles. The summed E-state index contributed by atoms with van der Waals surface area (Å²) >= 11 is 0. The Morgan fingerprint density at radius 3 is 2.39 bits per heavy atom. The Morgan fingerprint density at radius 1 is 1.06 bits per heavy atom. The molecule has 4 nitrogen and oxygen atoms in total. The molecule has 0 aromatic rings. The number of hydrogen-bond donors (Lipinski definition) is 2. The molecule has 0 radical (unpaired) electrons. The zero-order chi connectivity index (χ0) is 12.6. The first-order chi connectivity index (χ1) is 8.84. The predicted octanol–water partition coefficient (Wildman–Crippen LogP) is 1.18. The summed E-state index contributed by atoms with van der Waals surface area (Å²) < 4.78 is 11.0. The summed E-state index contributed by atoms with van der Waals surface area (Å²) in [6.07, 6.45) is 5.94. The van der Waals surface area contributed by atoms with Crippen molar-refractivity contribution in [2.45, 2.75) is 38.2 Å². The third-order valence-corrected chi connectivity index (χ3v) is 3.43. The maximum absolute atomic E-state index is 9.65. The standard InChI is InChI=1S/C14H27NO3/c16-14(11-18-10-13-4-5-13)8-15-6-1-7-17-9-12-2-3-12/h12-16H,1-11H2. The van der Waals surface area contributed by atoms with E-state index in [0.717, 1.165) is 44.6 Å². The Kier molecular flexibility index (Phi) is 6.41. The van der Waals surface area contributed by atoms with Crippen LogP contribution in [-0.2, 0) is 9.47 Å². The highest BCUT2D eigenvalue weighted by molar-refractivity contribution is 4.72. The molecule has 0 heterocycles. The fraction of sp³-hybridized carbons (Fsp3) is 1.00. The molecule has 106 valence electrons. The first kappa shape index (κ1) is 14.3. The smallest absolute Gasteiger partial charge is 0.0897 e. The zero-order valence-corrected chi connectivity index (χ0v) is 11.3. The quantitative estimate of drug-likeness (QED) is 0.516. The number of aliphatic hydroxyl groups is 1. The monoisotopic (exact) mass is 257 g/mol. The Morgan fingerprint density at radius 2 is 1.72 bits per heavy atom. The molecule has 1 unspecified atom stereocenters. The lowest BCUT2D eigenvalue weighted by Gasteiger charge is -2.12. The third kappa shape index (κ3) is 7.31. The minimum absolute atomic E-state index is 0.379. The molecule has 1 atom stereocenters. The Labute approximate surface area is 110 Å². The molecule has 0 bridgehead atoms. The van der Waals surface area contributed by atoms with E-state index in [9.17, 15) is 5.11 Å². The van der Waals surface area contributed by atoms with Crippen LogP contribution in [0.3, 0.4) is 0 Å². The number of ether oxygens (including phenoxy) is 2. The fourth-order valence-electron chi connectivity index (χ4n) is 1.82. The first-order valence-electron chi connectivity index (χ1n) is 7.39. The minimum atomic E-state index is -0.379. The molecule has 2 fully saturated rings. The molecular formula is C14H27NO3. The van der Waals surface area contributed by atoms with E-state index in [1.54, 1.807) is 0 Å². The average Bonchev–Trinajstić information content (AvgIpc) is 3.22. The van der Waals surface area contributed by atoms with Gasteiger partial charge in [-0.25, -0.2) is 0 Å². The van der Waals surface area contributed by atoms with Crippen LogP contribution in [0.5, 0.6) is 0 Å². The van der Waals surface area contributed by atoms with Crippen molar-refractivity contribution in [3.05, 3.63) is 0 Å². The highest BCUT2D eigenvalue weighted by Crippen LogP contribution is 2.29. The molecule has 0 aromatic carbocycles. The van der Waals surface area contributed by atoms with Gasteiger partial charge in [0.2, 0.25) is 0 Å². The summed E-state index contributed by atoms with van der Waals surface area (Å²) in [6, 6.07) is 0. The van der Waals surface area contributed by atoms with Crippen molar-refractivity contribution in [1.82, 2.24) is 5.32 Å². The zero-order valence-electron chi connectivity index (χ0n) is 11.3. The molecular weight excluding hydrogens is 230 g/mol. The van der Waals surface area contributed by atoms with Crippen molar-refractivity contribution in [2.24, 2.45) is 11.8 Å². The lowest BCUT2D eigenvalue weighted by atomic mass is 10.3. The van der Waals surface area contributed by atoms with Crippen LogP contribution < -0.4 is 5.32 Å². The molecule has 2 aliphatic carbocycles. The molecule has 4 heteroatoms. The maximum Gasteiger partial charge on any atom is 0.0897 e. The number of hydrogen-bond acceptors (Lipinski definition) is 4. The molecule has 2 saturated carbocycles. The van der Waals surface area contributed by atoms with Crippen molar-refractivity contribution < 1.29 is 14.6 Å².